The van der Waals surface area contributed by atoms with Crippen LogP contribution < -0.4 is 10.6 Å². The summed E-state index contributed by atoms with van der Waals surface area (Å²) in [6.45, 7) is 7.13. The van der Waals surface area contributed by atoms with E-state index in [-0.39, 0.29) is 22.7 Å². The quantitative estimate of drug-likeness (QED) is 0.423. The van der Waals surface area contributed by atoms with Crippen LogP contribution in [0.4, 0.5) is 22.7 Å². The highest BCUT2D eigenvalue weighted by atomic mass is 16.6. The Bertz CT molecular complexity index is 1020. The summed E-state index contributed by atoms with van der Waals surface area (Å²) in [7, 11) is 0. The van der Waals surface area contributed by atoms with Gasteiger partial charge in [-0.2, -0.15) is 0 Å². The zero-order chi connectivity index (χ0) is 22.2. The number of hydrogen-bond acceptors (Lipinski definition) is 6. The first-order valence-electron chi connectivity index (χ1n) is 8.90. The average Bonchev–Trinajstić information content (AvgIpc) is 3.36. The van der Waals surface area contributed by atoms with Gasteiger partial charge in [0.15, 0.2) is 0 Å². The number of aryl methyl sites for hydroxylation is 2. The molecule has 0 spiro atoms. The van der Waals surface area contributed by atoms with E-state index in [1.165, 1.54) is 36.4 Å². The van der Waals surface area contributed by atoms with Crippen molar-refractivity contribution in [1.82, 2.24) is 0 Å². The van der Waals surface area contributed by atoms with Crippen LogP contribution in [0, 0.1) is 45.9 Å². The average molecular weight is 410 g/mol. The number of anilines is 2. The number of carbonyl (C=O) groups excluding carboxylic acids is 2. The molecule has 0 bridgehead atoms. The second-order valence-corrected chi connectivity index (χ2v) is 7.02. The highest BCUT2D eigenvalue weighted by molar-refractivity contribution is 6.08. The standard InChI is InChI=1S/C20H18N4O6/c1-10-4-6-13(23(27)28)8-15(10)21-19(25)17-12(3)18(17)20(26)22-16-9-14(24(29)30)7-5-11(16)2/h4-9,17-18H,3H2,1-2H3,(H,21,25)(H,22,26)/t17-,18?/m1/s1. The van der Waals surface area contributed by atoms with Crippen LogP contribution in [0.3, 0.4) is 0 Å². The maximum Gasteiger partial charge on any atom is 0.271 e. The predicted octanol–water partition coefficient (Wildman–Crippen LogP) is 3.50. The molecule has 0 radical (unpaired) electrons. The molecule has 1 aliphatic carbocycles. The molecule has 0 aromatic heterocycles. The normalized spacial score (nSPS) is 17.2. The highest BCUT2D eigenvalue weighted by Gasteiger charge is 2.52. The minimum Gasteiger partial charge on any atom is -0.325 e. The van der Waals surface area contributed by atoms with Crippen LogP contribution in [-0.2, 0) is 9.59 Å². The van der Waals surface area contributed by atoms with E-state index in [2.05, 4.69) is 17.2 Å². The molecule has 2 aromatic carbocycles. The molecule has 1 unspecified atom stereocenters. The van der Waals surface area contributed by atoms with E-state index in [9.17, 15) is 29.8 Å². The summed E-state index contributed by atoms with van der Waals surface area (Å²) in [5.41, 5.74) is 1.89. The molecule has 10 nitrogen and oxygen atoms in total. The number of nitrogens with zero attached hydrogens (tertiary/aromatic N) is 2. The van der Waals surface area contributed by atoms with Crippen molar-refractivity contribution in [3.05, 3.63) is 79.9 Å². The fourth-order valence-electron chi connectivity index (χ4n) is 3.09. The molecular formula is C20H18N4O6. The minimum atomic E-state index is -0.789. The maximum absolute atomic E-state index is 12.6. The number of amides is 2. The number of hydrogen-bond donors (Lipinski definition) is 2. The Balaban J connectivity index is 1.71. The van der Waals surface area contributed by atoms with Gasteiger partial charge in [0.1, 0.15) is 0 Å². The van der Waals surface area contributed by atoms with E-state index < -0.39 is 33.5 Å². The van der Waals surface area contributed by atoms with Gasteiger partial charge < -0.3 is 10.6 Å². The summed E-state index contributed by atoms with van der Waals surface area (Å²) in [4.78, 5) is 45.9. The first-order chi connectivity index (χ1) is 14.1. The molecular weight excluding hydrogens is 392 g/mol. The van der Waals surface area contributed by atoms with Gasteiger partial charge in [0, 0.05) is 24.3 Å². The minimum absolute atomic E-state index is 0.166. The summed E-state index contributed by atoms with van der Waals surface area (Å²) in [6.07, 6.45) is 0. The molecule has 2 amide bonds. The molecule has 30 heavy (non-hydrogen) atoms. The van der Waals surface area contributed by atoms with Gasteiger partial charge in [0.2, 0.25) is 11.8 Å². The molecule has 1 aliphatic rings. The van der Waals surface area contributed by atoms with Crippen LogP contribution in [0.1, 0.15) is 11.1 Å². The van der Waals surface area contributed by atoms with E-state index >= 15 is 0 Å². The maximum atomic E-state index is 12.6. The van der Waals surface area contributed by atoms with Crippen LogP contribution in [0.5, 0.6) is 0 Å². The lowest BCUT2D eigenvalue weighted by Crippen LogP contribution is -2.21. The zero-order valence-electron chi connectivity index (χ0n) is 16.2. The number of non-ortho nitro benzene ring substituents is 2. The van der Waals surface area contributed by atoms with Crippen molar-refractivity contribution < 1.29 is 19.4 Å². The summed E-state index contributed by atoms with van der Waals surface area (Å²) < 4.78 is 0. The molecule has 0 aliphatic heterocycles. The molecule has 2 aromatic rings. The molecule has 1 fully saturated rings. The Hall–Kier alpha value is -4.08. The van der Waals surface area contributed by atoms with E-state index in [4.69, 9.17) is 0 Å². The highest BCUT2D eigenvalue weighted by Crippen LogP contribution is 2.46. The van der Waals surface area contributed by atoms with Gasteiger partial charge in [-0.3, -0.25) is 29.8 Å². The van der Waals surface area contributed by atoms with Crippen LogP contribution >= 0.6 is 0 Å². The van der Waals surface area contributed by atoms with Gasteiger partial charge in [-0.15, -0.1) is 0 Å². The lowest BCUT2D eigenvalue weighted by atomic mass is 10.1. The number of nitrogens with one attached hydrogen (secondary N) is 2. The van der Waals surface area contributed by atoms with Crippen LogP contribution in [0.2, 0.25) is 0 Å². The Kier molecular flexibility index (Phi) is 5.33. The number of carbonyl (C=O) groups is 2. The first kappa shape index (κ1) is 20.6. The number of rotatable bonds is 6. The third-order valence-corrected chi connectivity index (χ3v) is 4.97. The van der Waals surface area contributed by atoms with Crippen LogP contribution in [0.25, 0.3) is 0 Å². The Morgan fingerprint density at radius 3 is 1.53 bits per heavy atom. The van der Waals surface area contributed by atoms with Gasteiger partial charge in [0.25, 0.3) is 11.4 Å². The monoisotopic (exact) mass is 410 g/mol. The SMILES string of the molecule is C=C1C(C(=O)Nc2cc([N+](=O)[O-])ccc2C)[C@@H]1C(=O)Nc1cc([N+](=O)[O-])ccc1C. The molecule has 10 heteroatoms. The Labute approximate surface area is 170 Å². The fourth-order valence-corrected chi connectivity index (χ4v) is 3.09. The summed E-state index contributed by atoms with van der Waals surface area (Å²) >= 11 is 0. The second-order valence-electron chi connectivity index (χ2n) is 7.02. The molecule has 2 N–H and O–H groups in total. The smallest absolute Gasteiger partial charge is 0.271 e. The molecule has 1 saturated carbocycles. The van der Waals surface area contributed by atoms with Crippen LogP contribution in [0.15, 0.2) is 48.6 Å². The van der Waals surface area contributed by atoms with Crippen molar-refractivity contribution in [3.63, 3.8) is 0 Å². The lowest BCUT2D eigenvalue weighted by Gasteiger charge is -2.09. The number of nitro benzene ring substituents is 2. The van der Waals surface area contributed by atoms with Crippen molar-refractivity contribution >= 4 is 34.6 Å². The van der Waals surface area contributed by atoms with Gasteiger partial charge >= 0.3 is 0 Å². The number of nitro groups is 2. The molecule has 0 saturated heterocycles. The second kappa shape index (κ2) is 7.74. The molecule has 2 atom stereocenters. The first-order valence-corrected chi connectivity index (χ1v) is 8.90. The summed E-state index contributed by atoms with van der Waals surface area (Å²) in [5.74, 6) is -2.58. The fraction of sp³-hybridized carbons (Fsp3) is 0.200. The van der Waals surface area contributed by atoms with E-state index in [1.807, 2.05) is 0 Å². The van der Waals surface area contributed by atoms with Crippen molar-refractivity contribution in [2.24, 2.45) is 11.8 Å². The van der Waals surface area contributed by atoms with Gasteiger partial charge in [0.05, 0.1) is 33.1 Å². The molecule has 3 rings (SSSR count). The third-order valence-electron chi connectivity index (χ3n) is 4.97. The zero-order valence-corrected chi connectivity index (χ0v) is 16.2. The third kappa shape index (κ3) is 4.02. The largest absolute Gasteiger partial charge is 0.325 e. The van der Waals surface area contributed by atoms with Crippen molar-refractivity contribution in [3.8, 4) is 0 Å². The van der Waals surface area contributed by atoms with Crippen molar-refractivity contribution in [2.75, 3.05) is 10.6 Å². The van der Waals surface area contributed by atoms with E-state index in [0.29, 0.717) is 16.7 Å². The van der Waals surface area contributed by atoms with Crippen LogP contribution in [-0.4, -0.2) is 21.7 Å². The van der Waals surface area contributed by atoms with E-state index in [0.717, 1.165) is 0 Å². The van der Waals surface area contributed by atoms with Crippen molar-refractivity contribution in [1.29, 1.82) is 0 Å². The topological polar surface area (TPSA) is 144 Å². The predicted molar refractivity (Wildman–Crippen MR) is 109 cm³/mol. The number of benzene rings is 2. The van der Waals surface area contributed by atoms with Gasteiger partial charge in [-0.25, -0.2) is 0 Å². The Morgan fingerprint density at radius 2 is 1.20 bits per heavy atom. The molecule has 154 valence electrons. The Morgan fingerprint density at radius 1 is 0.833 bits per heavy atom. The lowest BCUT2D eigenvalue weighted by molar-refractivity contribution is -0.385. The van der Waals surface area contributed by atoms with E-state index in [1.54, 1.807) is 13.8 Å². The summed E-state index contributed by atoms with van der Waals surface area (Å²) in [6, 6.07) is 8.20. The molecule has 0 heterocycles. The summed E-state index contributed by atoms with van der Waals surface area (Å²) in [5, 5.41) is 27.1. The van der Waals surface area contributed by atoms with Crippen molar-refractivity contribution in [2.45, 2.75) is 13.8 Å². The van der Waals surface area contributed by atoms with Gasteiger partial charge in [-0.05, 0) is 25.0 Å². The van der Waals surface area contributed by atoms with Gasteiger partial charge in [-0.1, -0.05) is 24.3 Å².